The SMILES string of the molecule is Cc1ccc(/C=C2/N=C(CCc3ccccc3C)NC2=O)cc1. The molecule has 0 bridgehead atoms. The molecule has 3 rings (SSSR count). The van der Waals surface area contributed by atoms with E-state index in [2.05, 4.69) is 29.4 Å². The third-order valence-electron chi connectivity index (χ3n) is 4.02. The first-order valence-electron chi connectivity index (χ1n) is 7.83. The van der Waals surface area contributed by atoms with E-state index in [4.69, 9.17) is 0 Å². The summed E-state index contributed by atoms with van der Waals surface area (Å²) in [6, 6.07) is 16.4. The van der Waals surface area contributed by atoms with Crippen molar-refractivity contribution in [1.82, 2.24) is 5.32 Å². The Bertz CT molecular complexity index is 786. The van der Waals surface area contributed by atoms with Crippen molar-refractivity contribution in [2.45, 2.75) is 26.7 Å². The van der Waals surface area contributed by atoms with E-state index in [-0.39, 0.29) is 5.91 Å². The Morgan fingerprint density at radius 3 is 2.48 bits per heavy atom. The predicted octanol–water partition coefficient (Wildman–Crippen LogP) is 3.81. The van der Waals surface area contributed by atoms with Gasteiger partial charge < -0.3 is 5.32 Å². The van der Waals surface area contributed by atoms with Gasteiger partial charge in [-0.15, -0.1) is 0 Å². The summed E-state index contributed by atoms with van der Waals surface area (Å²) < 4.78 is 0. The molecule has 1 heterocycles. The van der Waals surface area contributed by atoms with Crippen LogP contribution in [0.25, 0.3) is 6.08 Å². The van der Waals surface area contributed by atoms with Crippen molar-refractivity contribution < 1.29 is 4.79 Å². The molecule has 1 aliphatic heterocycles. The van der Waals surface area contributed by atoms with Crippen LogP contribution in [0.5, 0.6) is 0 Å². The Kier molecular flexibility index (Phi) is 4.38. The third-order valence-corrected chi connectivity index (χ3v) is 4.02. The fourth-order valence-electron chi connectivity index (χ4n) is 2.60. The molecule has 0 radical (unpaired) electrons. The van der Waals surface area contributed by atoms with E-state index in [1.54, 1.807) is 0 Å². The maximum absolute atomic E-state index is 12.0. The van der Waals surface area contributed by atoms with Gasteiger partial charge in [-0.05, 0) is 43.0 Å². The topological polar surface area (TPSA) is 41.5 Å². The van der Waals surface area contributed by atoms with Crippen LogP contribution in [-0.2, 0) is 11.2 Å². The number of nitrogens with one attached hydrogen (secondary N) is 1. The van der Waals surface area contributed by atoms with Gasteiger partial charge >= 0.3 is 0 Å². The Labute approximate surface area is 136 Å². The molecular formula is C20H20N2O. The maximum atomic E-state index is 12.0. The molecule has 0 spiro atoms. The van der Waals surface area contributed by atoms with Crippen molar-refractivity contribution in [2.24, 2.45) is 4.99 Å². The Hall–Kier alpha value is -2.68. The van der Waals surface area contributed by atoms with Gasteiger partial charge in [-0.1, -0.05) is 54.1 Å². The zero-order chi connectivity index (χ0) is 16.2. The van der Waals surface area contributed by atoms with Crippen molar-refractivity contribution in [3.63, 3.8) is 0 Å². The third kappa shape index (κ3) is 3.75. The molecule has 1 aliphatic rings. The molecule has 0 aromatic heterocycles. The summed E-state index contributed by atoms with van der Waals surface area (Å²) in [6.45, 7) is 4.15. The van der Waals surface area contributed by atoms with Crippen molar-refractivity contribution in [3.8, 4) is 0 Å². The molecule has 0 atom stereocenters. The molecule has 3 heteroatoms. The lowest BCUT2D eigenvalue weighted by Gasteiger charge is -2.04. The number of amidine groups is 1. The van der Waals surface area contributed by atoms with Gasteiger partial charge in [0.1, 0.15) is 11.5 Å². The molecule has 23 heavy (non-hydrogen) atoms. The van der Waals surface area contributed by atoms with E-state index in [1.807, 2.05) is 49.4 Å². The summed E-state index contributed by atoms with van der Waals surface area (Å²) in [5.41, 5.74) is 5.23. The summed E-state index contributed by atoms with van der Waals surface area (Å²) in [5.74, 6) is 0.627. The normalized spacial score (nSPS) is 15.7. The molecule has 0 saturated carbocycles. The van der Waals surface area contributed by atoms with Gasteiger partial charge in [-0.3, -0.25) is 4.79 Å². The standard InChI is InChI=1S/C20H20N2O/c1-14-7-9-16(10-8-14)13-18-20(23)22-19(21-18)12-11-17-6-4-3-5-15(17)2/h3-10,13H,11-12H2,1-2H3,(H,21,22,23)/b18-13+. The summed E-state index contributed by atoms with van der Waals surface area (Å²) in [7, 11) is 0. The number of nitrogens with zero attached hydrogens (tertiary/aromatic N) is 1. The van der Waals surface area contributed by atoms with Crippen LogP contribution >= 0.6 is 0 Å². The van der Waals surface area contributed by atoms with Crippen LogP contribution < -0.4 is 5.32 Å². The van der Waals surface area contributed by atoms with E-state index < -0.39 is 0 Å². The van der Waals surface area contributed by atoms with Crippen molar-refractivity contribution in [3.05, 3.63) is 76.5 Å². The van der Waals surface area contributed by atoms with E-state index >= 15 is 0 Å². The molecular weight excluding hydrogens is 284 g/mol. The number of carbonyl (C=O) groups excluding carboxylic acids is 1. The monoisotopic (exact) mass is 304 g/mol. The Balaban J connectivity index is 1.71. The second kappa shape index (κ2) is 6.61. The predicted molar refractivity (Wildman–Crippen MR) is 94.2 cm³/mol. The average molecular weight is 304 g/mol. The molecule has 116 valence electrons. The first kappa shape index (κ1) is 15.2. The van der Waals surface area contributed by atoms with Gasteiger partial charge in [0.25, 0.3) is 5.91 Å². The van der Waals surface area contributed by atoms with Gasteiger partial charge in [0.2, 0.25) is 0 Å². The quantitative estimate of drug-likeness (QED) is 0.858. The highest BCUT2D eigenvalue weighted by atomic mass is 16.2. The Morgan fingerprint density at radius 2 is 1.74 bits per heavy atom. The molecule has 2 aromatic rings. The van der Waals surface area contributed by atoms with Crippen LogP contribution in [0.2, 0.25) is 0 Å². The van der Waals surface area contributed by atoms with Gasteiger partial charge in [0.05, 0.1) is 0 Å². The molecule has 0 unspecified atom stereocenters. The lowest BCUT2D eigenvalue weighted by Crippen LogP contribution is -2.24. The number of hydrogen-bond donors (Lipinski definition) is 1. The lowest BCUT2D eigenvalue weighted by atomic mass is 10.0. The molecule has 1 N–H and O–H groups in total. The van der Waals surface area contributed by atoms with Crippen molar-refractivity contribution >= 4 is 17.8 Å². The fourth-order valence-corrected chi connectivity index (χ4v) is 2.60. The molecule has 0 saturated heterocycles. The number of carbonyl (C=O) groups is 1. The number of aryl methyl sites for hydroxylation is 3. The minimum atomic E-state index is -0.120. The van der Waals surface area contributed by atoms with Crippen LogP contribution in [0.1, 0.15) is 28.7 Å². The van der Waals surface area contributed by atoms with Gasteiger partial charge in [0.15, 0.2) is 0 Å². The second-order valence-electron chi connectivity index (χ2n) is 5.88. The largest absolute Gasteiger partial charge is 0.309 e. The second-order valence-corrected chi connectivity index (χ2v) is 5.88. The van der Waals surface area contributed by atoms with Crippen LogP contribution in [0.15, 0.2) is 59.2 Å². The Morgan fingerprint density at radius 1 is 1.00 bits per heavy atom. The highest BCUT2D eigenvalue weighted by Crippen LogP contribution is 2.15. The van der Waals surface area contributed by atoms with Gasteiger partial charge in [-0.2, -0.15) is 0 Å². The van der Waals surface area contributed by atoms with Crippen LogP contribution in [0, 0.1) is 13.8 Å². The smallest absolute Gasteiger partial charge is 0.275 e. The number of aliphatic imine (C=N–C) groups is 1. The zero-order valence-electron chi connectivity index (χ0n) is 13.5. The minimum Gasteiger partial charge on any atom is -0.309 e. The number of rotatable bonds is 4. The fraction of sp³-hybridized carbons (Fsp3) is 0.200. The first-order chi connectivity index (χ1) is 11.1. The van der Waals surface area contributed by atoms with Crippen molar-refractivity contribution in [1.29, 1.82) is 0 Å². The number of hydrogen-bond acceptors (Lipinski definition) is 2. The van der Waals surface area contributed by atoms with Gasteiger partial charge in [-0.25, -0.2) is 4.99 Å². The molecule has 1 amide bonds. The molecule has 0 aliphatic carbocycles. The summed E-state index contributed by atoms with van der Waals surface area (Å²) in [4.78, 5) is 16.5. The molecule has 2 aromatic carbocycles. The summed E-state index contributed by atoms with van der Waals surface area (Å²) in [6.07, 6.45) is 3.45. The molecule has 0 fully saturated rings. The van der Waals surface area contributed by atoms with Crippen LogP contribution in [-0.4, -0.2) is 11.7 Å². The van der Waals surface area contributed by atoms with Gasteiger partial charge in [0, 0.05) is 6.42 Å². The number of benzene rings is 2. The van der Waals surface area contributed by atoms with Crippen LogP contribution in [0.4, 0.5) is 0 Å². The average Bonchev–Trinajstić information content (AvgIpc) is 2.89. The van der Waals surface area contributed by atoms with E-state index in [1.165, 1.54) is 16.7 Å². The van der Waals surface area contributed by atoms with Crippen molar-refractivity contribution in [2.75, 3.05) is 0 Å². The molecule has 3 nitrogen and oxygen atoms in total. The highest BCUT2D eigenvalue weighted by molar-refractivity contribution is 6.14. The van der Waals surface area contributed by atoms with E-state index in [0.29, 0.717) is 5.70 Å². The maximum Gasteiger partial charge on any atom is 0.275 e. The summed E-state index contributed by atoms with van der Waals surface area (Å²) in [5, 5.41) is 2.87. The summed E-state index contributed by atoms with van der Waals surface area (Å²) >= 11 is 0. The van der Waals surface area contributed by atoms with Crippen LogP contribution in [0.3, 0.4) is 0 Å². The highest BCUT2D eigenvalue weighted by Gasteiger charge is 2.19. The zero-order valence-corrected chi connectivity index (χ0v) is 13.5. The number of amides is 1. The first-order valence-corrected chi connectivity index (χ1v) is 7.83. The van der Waals surface area contributed by atoms with E-state index in [9.17, 15) is 4.79 Å². The lowest BCUT2D eigenvalue weighted by molar-refractivity contribution is -0.115. The van der Waals surface area contributed by atoms with E-state index in [0.717, 1.165) is 24.2 Å². The minimum absolute atomic E-state index is 0.120.